The molecule has 4 saturated carbocycles. The molecule has 3 heteroatoms. The Morgan fingerprint density at radius 2 is 1.71 bits per heavy atom. The zero-order chi connectivity index (χ0) is 20.2. The minimum absolute atomic E-state index is 0.390. The molecule has 0 radical (unpaired) electrons. The van der Waals surface area contributed by atoms with Crippen molar-refractivity contribution in [2.24, 2.45) is 46.2 Å². The van der Waals surface area contributed by atoms with Gasteiger partial charge in [-0.25, -0.2) is 0 Å². The molecule has 4 aliphatic carbocycles. The van der Waals surface area contributed by atoms with Crippen LogP contribution in [0.5, 0.6) is 0 Å². The van der Waals surface area contributed by atoms with Crippen LogP contribution >= 0.6 is 0 Å². The molecule has 28 heavy (non-hydrogen) atoms. The first-order valence-corrected chi connectivity index (χ1v) is 12.3. The summed E-state index contributed by atoms with van der Waals surface area (Å²) in [5, 5.41) is 11.1. The molecule has 4 fully saturated rings. The summed E-state index contributed by atoms with van der Waals surface area (Å²) < 4.78 is 5.65. The van der Waals surface area contributed by atoms with E-state index in [9.17, 15) is 5.11 Å². The van der Waals surface area contributed by atoms with Crippen LogP contribution in [0.2, 0.25) is 0 Å². The predicted molar refractivity (Wildman–Crippen MR) is 115 cm³/mol. The van der Waals surface area contributed by atoms with Crippen molar-refractivity contribution in [1.82, 2.24) is 0 Å². The average Bonchev–Trinajstić information content (AvgIpc) is 3.04. The lowest BCUT2D eigenvalue weighted by Gasteiger charge is -2.62. The number of aliphatic hydroxyl groups is 1. The van der Waals surface area contributed by atoms with Gasteiger partial charge in [-0.3, -0.25) is 0 Å². The van der Waals surface area contributed by atoms with Gasteiger partial charge in [0.15, 0.2) is 0 Å². The first-order chi connectivity index (χ1) is 13.3. The van der Waals surface area contributed by atoms with E-state index >= 15 is 0 Å². The normalized spacial score (nSPS) is 51.9. The molecule has 0 aliphatic heterocycles. The molecule has 0 aromatic heterocycles. The van der Waals surface area contributed by atoms with Crippen LogP contribution in [0.1, 0.15) is 91.9 Å². The van der Waals surface area contributed by atoms with E-state index in [1.165, 1.54) is 44.9 Å². The van der Waals surface area contributed by atoms with Gasteiger partial charge in [-0.15, -0.1) is 0 Å². The summed E-state index contributed by atoms with van der Waals surface area (Å²) in [5.41, 5.74) is 6.92. The van der Waals surface area contributed by atoms with Crippen molar-refractivity contribution in [2.45, 2.75) is 104 Å². The highest BCUT2D eigenvalue weighted by molar-refractivity contribution is 5.11. The lowest BCUT2D eigenvalue weighted by Crippen LogP contribution is -2.57. The summed E-state index contributed by atoms with van der Waals surface area (Å²) in [6.45, 7) is 10.7. The summed E-state index contributed by atoms with van der Waals surface area (Å²) in [5.74, 6) is 4.05. The van der Waals surface area contributed by atoms with Gasteiger partial charge in [0.05, 0.1) is 12.2 Å². The minimum Gasteiger partial charge on any atom is -0.387 e. The SMILES string of the molecule is CCOC[C@@]1(O)CC[C@@]2(C)[C@H](CC[C@@H]3[C@@H]2CC[C@]2(C)[C@@H](C(N)CC)CC[C@@H]32)C1. The molecule has 0 aromatic carbocycles. The first kappa shape index (κ1) is 21.1. The maximum atomic E-state index is 11.1. The van der Waals surface area contributed by atoms with Crippen LogP contribution < -0.4 is 5.73 Å². The van der Waals surface area contributed by atoms with E-state index in [2.05, 4.69) is 20.8 Å². The third-order valence-electron chi connectivity index (χ3n) is 10.5. The molecule has 1 unspecified atom stereocenters. The van der Waals surface area contributed by atoms with E-state index in [4.69, 9.17) is 10.5 Å². The molecule has 0 bridgehead atoms. The van der Waals surface area contributed by atoms with Crippen molar-refractivity contribution >= 4 is 0 Å². The van der Waals surface area contributed by atoms with Crippen molar-refractivity contribution in [3.05, 3.63) is 0 Å². The Labute approximate surface area is 173 Å². The van der Waals surface area contributed by atoms with Crippen molar-refractivity contribution in [3.63, 3.8) is 0 Å². The summed E-state index contributed by atoms with van der Waals surface area (Å²) in [6, 6.07) is 0.390. The molecule has 0 amide bonds. The predicted octanol–water partition coefficient (Wildman–Crippen LogP) is 5.15. The Morgan fingerprint density at radius 1 is 0.964 bits per heavy atom. The van der Waals surface area contributed by atoms with Crippen LogP contribution in [0, 0.1) is 40.4 Å². The maximum absolute atomic E-state index is 11.1. The Kier molecular flexibility index (Phi) is 5.69. The van der Waals surface area contributed by atoms with Crippen LogP contribution in [0.25, 0.3) is 0 Å². The van der Waals surface area contributed by atoms with E-state index in [1.807, 2.05) is 6.92 Å². The molecular weight excluding hydrogens is 346 g/mol. The lowest BCUT2D eigenvalue weighted by atomic mass is 9.43. The van der Waals surface area contributed by atoms with Crippen LogP contribution in [0.4, 0.5) is 0 Å². The molecule has 0 aromatic rings. The molecule has 4 rings (SSSR count). The van der Waals surface area contributed by atoms with Gasteiger partial charge in [-0.05, 0) is 112 Å². The summed E-state index contributed by atoms with van der Waals surface area (Å²) in [7, 11) is 0. The Morgan fingerprint density at radius 3 is 2.43 bits per heavy atom. The molecule has 9 atom stereocenters. The van der Waals surface area contributed by atoms with Gasteiger partial charge in [0.25, 0.3) is 0 Å². The molecule has 3 N–H and O–H groups in total. The third-order valence-corrected chi connectivity index (χ3v) is 10.5. The molecule has 0 heterocycles. The topological polar surface area (TPSA) is 55.5 Å². The van der Waals surface area contributed by atoms with E-state index in [0.29, 0.717) is 36.0 Å². The highest BCUT2D eigenvalue weighted by Gasteiger charge is 2.61. The van der Waals surface area contributed by atoms with Gasteiger partial charge in [0.2, 0.25) is 0 Å². The van der Waals surface area contributed by atoms with Gasteiger partial charge in [-0.1, -0.05) is 20.8 Å². The van der Waals surface area contributed by atoms with Gasteiger partial charge in [0.1, 0.15) is 0 Å². The Bertz CT molecular complexity index is 567. The molecule has 4 aliphatic rings. The monoisotopic (exact) mass is 391 g/mol. The number of hydrogen-bond acceptors (Lipinski definition) is 3. The lowest BCUT2D eigenvalue weighted by molar-refractivity contribution is -0.165. The van der Waals surface area contributed by atoms with Crippen molar-refractivity contribution in [1.29, 1.82) is 0 Å². The smallest absolute Gasteiger partial charge is 0.0883 e. The van der Waals surface area contributed by atoms with Crippen LogP contribution in [0.15, 0.2) is 0 Å². The first-order valence-electron chi connectivity index (χ1n) is 12.3. The van der Waals surface area contributed by atoms with E-state index in [1.54, 1.807) is 0 Å². The van der Waals surface area contributed by atoms with Gasteiger partial charge in [-0.2, -0.15) is 0 Å². The third kappa shape index (κ3) is 3.19. The maximum Gasteiger partial charge on any atom is 0.0883 e. The Hall–Kier alpha value is -0.120. The van der Waals surface area contributed by atoms with Crippen molar-refractivity contribution < 1.29 is 9.84 Å². The zero-order valence-corrected chi connectivity index (χ0v) is 18.9. The second-order valence-electron chi connectivity index (χ2n) is 11.5. The van der Waals surface area contributed by atoms with E-state index in [0.717, 1.165) is 42.9 Å². The molecule has 0 spiro atoms. The van der Waals surface area contributed by atoms with Crippen LogP contribution in [0.3, 0.4) is 0 Å². The quantitative estimate of drug-likeness (QED) is 0.681. The standard InChI is InChI=1S/C25H45NO2/c1-5-22(26)21-10-9-19-18-8-7-17-15-25(27,16-28-6-2)14-13-23(17,3)20(18)11-12-24(19,21)4/h17-22,27H,5-16,26H2,1-4H3/t17-,18+,19+,20+,21-,22?,23+,24+,25-/m1/s1. The van der Waals surface area contributed by atoms with Crippen molar-refractivity contribution in [2.75, 3.05) is 13.2 Å². The number of rotatable bonds is 5. The van der Waals surface area contributed by atoms with E-state index < -0.39 is 5.60 Å². The molecule has 162 valence electrons. The summed E-state index contributed by atoms with van der Waals surface area (Å²) >= 11 is 0. The molecule has 0 saturated heterocycles. The largest absolute Gasteiger partial charge is 0.387 e. The van der Waals surface area contributed by atoms with Crippen LogP contribution in [-0.2, 0) is 4.74 Å². The number of fused-ring (bicyclic) bond motifs is 5. The minimum atomic E-state index is -0.581. The number of hydrogen-bond donors (Lipinski definition) is 2. The van der Waals surface area contributed by atoms with E-state index in [-0.39, 0.29) is 0 Å². The van der Waals surface area contributed by atoms with Gasteiger partial charge in [0, 0.05) is 12.6 Å². The highest BCUT2D eigenvalue weighted by atomic mass is 16.5. The highest BCUT2D eigenvalue weighted by Crippen LogP contribution is 2.68. The zero-order valence-electron chi connectivity index (χ0n) is 18.9. The van der Waals surface area contributed by atoms with Gasteiger partial charge < -0.3 is 15.6 Å². The molecular formula is C25H45NO2. The van der Waals surface area contributed by atoms with Gasteiger partial charge >= 0.3 is 0 Å². The second kappa shape index (κ2) is 7.54. The fourth-order valence-corrected chi connectivity index (χ4v) is 8.77. The fraction of sp³-hybridized carbons (Fsp3) is 1.00. The molecule has 3 nitrogen and oxygen atoms in total. The average molecular weight is 392 g/mol. The Balaban J connectivity index is 1.52. The van der Waals surface area contributed by atoms with Crippen molar-refractivity contribution in [3.8, 4) is 0 Å². The number of nitrogens with two attached hydrogens (primary N) is 1. The summed E-state index contributed by atoms with van der Waals surface area (Å²) in [4.78, 5) is 0. The number of ether oxygens (including phenoxy) is 1. The van der Waals surface area contributed by atoms with Crippen LogP contribution in [-0.4, -0.2) is 30.0 Å². The fourth-order valence-electron chi connectivity index (χ4n) is 8.77. The summed E-state index contributed by atoms with van der Waals surface area (Å²) in [6.07, 6.45) is 12.4. The second-order valence-corrected chi connectivity index (χ2v) is 11.5.